The Morgan fingerprint density at radius 1 is 0.327 bits per heavy atom. The van der Waals surface area contributed by atoms with Crippen LogP contribution in [-0.2, 0) is 33.2 Å². The highest BCUT2D eigenvalue weighted by molar-refractivity contribution is 5.76. The second-order valence-electron chi connectivity index (χ2n) is 30.0. The third kappa shape index (κ3) is 40.9. The van der Waals surface area contributed by atoms with Crippen LogP contribution in [0.2, 0.25) is 0 Å². The number of carbonyl (C=O) groups is 1. The number of aliphatic hydroxyl groups excluding tert-OH is 11. The van der Waals surface area contributed by atoms with Gasteiger partial charge in [0.15, 0.2) is 18.9 Å². The Hall–Kier alpha value is -1.21. The summed E-state index contributed by atoms with van der Waals surface area (Å²) in [6, 6.07) is -0.882. The number of nitrogens with one attached hydrogen (secondary N) is 1. The van der Waals surface area contributed by atoms with Gasteiger partial charge in [0, 0.05) is 6.42 Å². The van der Waals surface area contributed by atoms with Crippen LogP contribution in [0.3, 0.4) is 0 Å². The molecule has 0 aromatic rings. The molecule has 3 aliphatic heterocycles. The van der Waals surface area contributed by atoms with Gasteiger partial charge in [0.25, 0.3) is 0 Å². The van der Waals surface area contributed by atoms with Crippen LogP contribution in [0.5, 0.6) is 0 Å². The van der Waals surface area contributed by atoms with Crippen LogP contribution in [0.25, 0.3) is 0 Å². The van der Waals surface area contributed by atoms with Gasteiger partial charge in [-0.3, -0.25) is 4.79 Å². The summed E-state index contributed by atoms with van der Waals surface area (Å²) < 4.78 is 34.5. The fourth-order valence-electron chi connectivity index (χ4n) is 14.6. The van der Waals surface area contributed by atoms with Crippen LogP contribution < -0.4 is 5.32 Å². The highest BCUT2D eigenvalue weighted by Gasteiger charge is 2.54. The molecule has 3 rings (SSSR count). The second-order valence-corrected chi connectivity index (χ2v) is 30.0. The van der Waals surface area contributed by atoms with Crippen molar-refractivity contribution in [3.63, 3.8) is 0 Å². The lowest BCUT2D eigenvalue weighted by Crippen LogP contribution is -2.66. The normalized spacial score (nSPS) is 26.6. The number of hydrogen-bond donors (Lipinski definition) is 12. The molecular weight excluding hydrogens is 1250 g/mol. The Morgan fingerprint density at radius 3 is 0.888 bits per heavy atom. The summed E-state index contributed by atoms with van der Waals surface area (Å²) in [5.74, 6) is -0.233. The van der Waals surface area contributed by atoms with E-state index in [2.05, 4.69) is 19.2 Å². The minimum atomic E-state index is -1.97. The third-order valence-corrected chi connectivity index (χ3v) is 21.2. The van der Waals surface area contributed by atoms with Crippen molar-refractivity contribution in [2.75, 3.05) is 26.4 Å². The number of ether oxygens (including phenoxy) is 6. The first-order valence-corrected chi connectivity index (χ1v) is 41.3. The molecule has 582 valence electrons. The summed E-state index contributed by atoms with van der Waals surface area (Å²) in [7, 11) is 0. The minimum Gasteiger partial charge on any atom is -0.394 e. The van der Waals surface area contributed by atoms with Gasteiger partial charge in [-0.15, -0.1) is 0 Å². The van der Waals surface area contributed by atoms with E-state index in [9.17, 15) is 61.0 Å². The zero-order chi connectivity index (χ0) is 71.1. The number of carbonyl (C=O) groups excluding carboxylic acids is 1. The predicted molar refractivity (Wildman–Crippen MR) is 388 cm³/mol. The van der Waals surface area contributed by atoms with E-state index in [4.69, 9.17) is 28.4 Å². The van der Waals surface area contributed by atoms with E-state index in [-0.39, 0.29) is 18.9 Å². The van der Waals surface area contributed by atoms with Crippen LogP contribution in [0, 0.1) is 0 Å². The van der Waals surface area contributed by atoms with Gasteiger partial charge in [0.2, 0.25) is 5.91 Å². The van der Waals surface area contributed by atoms with E-state index in [1.54, 1.807) is 0 Å². The van der Waals surface area contributed by atoms with Crippen LogP contribution >= 0.6 is 0 Å². The summed E-state index contributed by atoms with van der Waals surface area (Å²) in [5.41, 5.74) is 0. The van der Waals surface area contributed by atoms with Gasteiger partial charge in [-0.25, -0.2) is 0 Å². The first-order valence-electron chi connectivity index (χ1n) is 41.3. The van der Waals surface area contributed by atoms with E-state index < -0.39 is 124 Å². The molecule has 19 nitrogen and oxygen atoms in total. The van der Waals surface area contributed by atoms with Crippen LogP contribution in [0.15, 0.2) is 0 Å². The monoisotopic (exact) mass is 1400 g/mol. The van der Waals surface area contributed by atoms with Crippen molar-refractivity contribution < 1.29 is 89.4 Å². The first-order chi connectivity index (χ1) is 47.8. The lowest BCUT2D eigenvalue weighted by molar-refractivity contribution is -0.379. The molecule has 0 aliphatic carbocycles. The quantitative estimate of drug-likeness (QED) is 0.0252. The number of unbranched alkanes of at least 4 members (excludes halogenated alkanes) is 51. The summed E-state index contributed by atoms with van der Waals surface area (Å²) in [6.45, 7) is 1.86. The van der Waals surface area contributed by atoms with Gasteiger partial charge >= 0.3 is 0 Å². The molecule has 0 aromatic carbocycles. The van der Waals surface area contributed by atoms with E-state index >= 15 is 0 Å². The molecule has 0 bridgehead atoms. The van der Waals surface area contributed by atoms with E-state index in [0.717, 1.165) is 44.9 Å². The standard InChI is InChI=1S/C79H153NO18/c1-3-5-7-9-11-13-15-17-19-21-22-23-24-25-26-27-28-29-30-31-32-33-34-35-36-37-38-39-40-41-43-45-47-49-51-53-55-57-67(85)80-62(63(84)56-54-52-50-48-46-44-42-20-18-16-14-12-10-8-6-4-2)61-93-77-73(91)70(88)75(65(59-82)95-77)98-79-74(92)71(89)76(66(60-83)96-79)97-78-72(90)69(87)68(86)64(58-81)94-78/h62-66,68-79,81-84,86-92H,3-61H2,1-2H3,(H,80,85). The van der Waals surface area contributed by atoms with Crippen molar-refractivity contribution in [3.05, 3.63) is 0 Å². The van der Waals surface area contributed by atoms with Crippen LogP contribution in [0.4, 0.5) is 0 Å². The first kappa shape index (κ1) is 91.0. The Kier molecular flexibility index (Phi) is 56.6. The Balaban J connectivity index is 1.29. The second kappa shape index (κ2) is 61.0. The smallest absolute Gasteiger partial charge is 0.220 e. The van der Waals surface area contributed by atoms with E-state index in [1.165, 1.54) is 289 Å². The molecule has 3 heterocycles. The van der Waals surface area contributed by atoms with Crippen molar-refractivity contribution in [3.8, 4) is 0 Å². The van der Waals surface area contributed by atoms with Crippen molar-refractivity contribution >= 4 is 5.91 Å². The van der Waals surface area contributed by atoms with Gasteiger partial charge in [-0.05, 0) is 12.8 Å². The predicted octanol–water partition coefficient (Wildman–Crippen LogP) is 13.8. The molecule has 0 radical (unpaired) electrons. The lowest BCUT2D eigenvalue weighted by atomic mass is 9.96. The third-order valence-electron chi connectivity index (χ3n) is 21.2. The molecule has 12 N–H and O–H groups in total. The van der Waals surface area contributed by atoms with Gasteiger partial charge in [0.05, 0.1) is 38.6 Å². The maximum absolute atomic E-state index is 13.5. The maximum atomic E-state index is 13.5. The molecule has 3 fully saturated rings. The van der Waals surface area contributed by atoms with E-state index in [1.807, 2.05) is 0 Å². The molecular formula is C79H153NO18. The number of rotatable bonds is 67. The van der Waals surface area contributed by atoms with Crippen LogP contribution in [0.1, 0.15) is 367 Å². The average molecular weight is 1410 g/mol. The molecule has 0 aromatic heterocycles. The largest absolute Gasteiger partial charge is 0.394 e. The number of hydrogen-bond acceptors (Lipinski definition) is 18. The van der Waals surface area contributed by atoms with E-state index in [0.29, 0.717) is 12.8 Å². The highest BCUT2D eigenvalue weighted by atomic mass is 16.8. The minimum absolute atomic E-state index is 0.233. The fraction of sp³-hybridized carbons (Fsp3) is 0.987. The SMILES string of the molecule is CCCCCCCCCCCCCCCCCCCCCCCCCCCCCCCCCCCCCCCC(=O)NC(COC1OC(CO)C(OC2OC(CO)C(OC3OC(CO)C(O)C(O)C3O)C(O)C2O)C(O)C1O)C(O)CCCCCCCCCCCCCCCCCC. The zero-order valence-corrected chi connectivity index (χ0v) is 62.3. The zero-order valence-electron chi connectivity index (χ0n) is 62.3. The summed E-state index contributed by atoms with van der Waals surface area (Å²) in [6.07, 6.45) is 43.7. The molecule has 0 spiro atoms. The van der Waals surface area contributed by atoms with Gasteiger partial charge < -0.3 is 89.9 Å². The molecule has 3 saturated heterocycles. The Bertz CT molecular complexity index is 1770. The van der Waals surface area contributed by atoms with Crippen LogP contribution in [-0.4, -0.2) is 193 Å². The lowest BCUT2D eigenvalue weighted by Gasteiger charge is -2.48. The summed E-state index contributed by atoms with van der Waals surface area (Å²) in [5, 5.41) is 121. The van der Waals surface area contributed by atoms with Crippen molar-refractivity contribution in [1.82, 2.24) is 5.32 Å². The average Bonchev–Trinajstić information content (AvgIpc) is 0.784. The molecule has 17 unspecified atom stereocenters. The Morgan fingerprint density at radius 2 is 0.582 bits per heavy atom. The van der Waals surface area contributed by atoms with Gasteiger partial charge in [0.1, 0.15) is 73.2 Å². The summed E-state index contributed by atoms with van der Waals surface area (Å²) >= 11 is 0. The molecule has 1 amide bonds. The maximum Gasteiger partial charge on any atom is 0.220 e. The summed E-state index contributed by atoms with van der Waals surface area (Å²) in [4.78, 5) is 13.5. The highest BCUT2D eigenvalue weighted by Crippen LogP contribution is 2.33. The van der Waals surface area contributed by atoms with Crippen molar-refractivity contribution in [2.45, 2.75) is 471 Å². The van der Waals surface area contributed by atoms with Gasteiger partial charge in [-0.2, -0.15) is 0 Å². The molecule has 17 atom stereocenters. The molecule has 3 aliphatic rings. The fourth-order valence-corrected chi connectivity index (χ4v) is 14.6. The molecule has 0 saturated carbocycles. The number of amides is 1. The topological polar surface area (TPSA) is 307 Å². The van der Waals surface area contributed by atoms with Crippen molar-refractivity contribution in [2.24, 2.45) is 0 Å². The Labute approximate surface area is 595 Å². The van der Waals surface area contributed by atoms with Gasteiger partial charge in [-0.1, -0.05) is 348 Å². The molecule has 98 heavy (non-hydrogen) atoms. The number of aliphatic hydroxyl groups is 11. The van der Waals surface area contributed by atoms with Crippen molar-refractivity contribution in [1.29, 1.82) is 0 Å². The molecule has 19 heteroatoms.